The number of aromatic nitrogens is 2. The van der Waals surface area contributed by atoms with Gasteiger partial charge in [-0.25, -0.2) is 9.97 Å². The first-order valence-corrected chi connectivity index (χ1v) is 7.03. The Hall–Kier alpha value is -1.32. The molecule has 1 aromatic heterocycles. The van der Waals surface area contributed by atoms with Gasteiger partial charge in [0.05, 0.1) is 0 Å². The van der Waals surface area contributed by atoms with Crippen molar-refractivity contribution in [2.24, 2.45) is 5.92 Å². The molecule has 0 radical (unpaired) electrons. The predicted octanol–water partition coefficient (Wildman–Crippen LogP) is 3.23. The van der Waals surface area contributed by atoms with Gasteiger partial charge in [0, 0.05) is 24.1 Å². The van der Waals surface area contributed by atoms with Crippen molar-refractivity contribution in [2.45, 2.75) is 59.9 Å². The van der Waals surface area contributed by atoms with Crippen LogP contribution in [0.25, 0.3) is 0 Å². The number of hydrogen-bond acceptors (Lipinski definition) is 4. The molecule has 19 heavy (non-hydrogen) atoms. The third-order valence-electron chi connectivity index (χ3n) is 2.88. The van der Waals surface area contributed by atoms with Crippen LogP contribution in [-0.2, 0) is 5.41 Å². The first kappa shape index (κ1) is 15.7. The van der Waals surface area contributed by atoms with Crippen LogP contribution in [-0.4, -0.2) is 22.6 Å². The molecule has 0 saturated carbocycles. The van der Waals surface area contributed by atoms with E-state index >= 15 is 0 Å². The summed E-state index contributed by atoms with van der Waals surface area (Å²) in [6.45, 7) is 16.1. The van der Waals surface area contributed by atoms with Crippen LogP contribution >= 0.6 is 0 Å². The molecule has 0 unspecified atom stereocenters. The minimum atomic E-state index is -0.0926. The van der Waals surface area contributed by atoms with Crippen molar-refractivity contribution in [1.29, 1.82) is 0 Å². The number of anilines is 2. The van der Waals surface area contributed by atoms with Crippen molar-refractivity contribution in [3.8, 4) is 0 Å². The van der Waals surface area contributed by atoms with Gasteiger partial charge >= 0.3 is 0 Å². The van der Waals surface area contributed by atoms with E-state index in [0.717, 1.165) is 18.2 Å². The molecule has 4 nitrogen and oxygen atoms in total. The molecule has 0 aliphatic heterocycles. The first-order chi connectivity index (χ1) is 8.61. The lowest BCUT2D eigenvalue weighted by atomic mass is 9.95. The van der Waals surface area contributed by atoms with Crippen LogP contribution in [0.3, 0.4) is 0 Å². The maximum Gasteiger partial charge on any atom is 0.138 e. The van der Waals surface area contributed by atoms with Crippen LogP contribution in [0.2, 0.25) is 0 Å². The second kappa shape index (κ2) is 5.76. The van der Waals surface area contributed by atoms with E-state index in [0.29, 0.717) is 17.8 Å². The Labute approximate surface area is 117 Å². The van der Waals surface area contributed by atoms with E-state index in [1.807, 2.05) is 6.07 Å². The number of nitrogens with zero attached hydrogens (tertiary/aromatic N) is 3. The minimum Gasteiger partial charge on any atom is -0.384 e. The summed E-state index contributed by atoms with van der Waals surface area (Å²) < 4.78 is 0. The van der Waals surface area contributed by atoms with E-state index in [9.17, 15) is 0 Å². The zero-order valence-corrected chi connectivity index (χ0v) is 13.4. The van der Waals surface area contributed by atoms with Gasteiger partial charge in [-0.2, -0.15) is 0 Å². The molecular formula is C15H28N4. The summed E-state index contributed by atoms with van der Waals surface area (Å²) in [5.41, 5.74) is 5.85. The fourth-order valence-electron chi connectivity index (χ4n) is 1.90. The third-order valence-corrected chi connectivity index (χ3v) is 2.88. The molecular weight excluding hydrogens is 236 g/mol. The Morgan fingerprint density at radius 2 is 1.74 bits per heavy atom. The number of nitrogen functional groups attached to an aromatic ring is 1. The molecule has 2 N–H and O–H groups in total. The zero-order chi connectivity index (χ0) is 14.8. The maximum atomic E-state index is 5.95. The standard InChI is InChI=1S/C15H28N4/c1-10(2)9-19(11(3)4)13-8-12(16)17-14(18-13)15(5,6)7/h8,10-11H,9H2,1-7H3,(H2,16,17,18). The van der Waals surface area contributed by atoms with Crippen LogP contribution in [0.15, 0.2) is 6.07 Å². The fourth-order valence-corrected chi connectivity index (χ4v) is 1.90. The lowest BCUT2D eigenvalue weighted by Crippen LogP contribution is -2.35. The molecule has 0 amide bonds. The molecule has 0 aliphatic carbocycles. The van der Waals surface area contributed by atoms with Crippen LogP contribution in [0, 0.1) is 5.92 Å². The molecule has 1 aromatic rings. The molecule has 4 heteroatoms. The topological polar surface area (TPSA) is 55.0 Å². The Kier molecular flexibility index (Phi) is 4.77. The molecule has 1 heterocycles. The molecule has 1 rings (SSSR count). The summed E-state index contributed by atoms with van der Waals surface area (Å²) in [4.78, 5) is 11.4. The Morgan fingerprint density at radius 1 is 1.16 bits per heavy atom. The Balaban J connectivity index is 3.20. The first-order valence-electron chi connectivity index (χ1n) is 7.03. The van der Waals surface area contributed by atoms with Gasteiger partial charge in [0.1, 0.15) is 17.5 Å². The summed E-state index contributed by atoms with van der Waals surface area (Å²) >= 11 is 0. The molecule has 0 spiro atoms. The summed E-state index contributed by atoms with van der Waals surface area (Å²) in [5, 5.41) is 0. The van der Waals surface area contributed by atoms with Crippen molar-refractivity contribution in [1.82, 2.24) is 9.97 Å². The number of nitrogens with two attached hydrogens (primary N) is 1. The molecule has 108 valence electrons. The minimum absolute atomic E-state index is 0.0926. The van der Waals surface area contributed by atoms with Gasteiger partial charge in [-0.1, -0.05) is 34.6 Å². The highest BCUT2D eigenvalue weighted by molar-refractivity contribution is 5.48. The highest BCUT2D eigenvalue weighted by Crippen LogP contribution is 2.24. The molecule has 0 atom stereocenters. The van der Waals surface area contributed by atoms with Gasteiger partial charge in [-0.05, 0) is 19.8 Å². The lowest BCUT2D eigenvalue weighted by Gasteiger charge is -2.31. The van der Waals surface area contributed by atoms with E-state index < -0.39 is 0 Å². The Morgan fingerprint density at radius 3 is 2.16 bits per heavy atom. The Bertz CT molecular complexity index is 419. The van der Waals surface area contributed by atoms with Crippen molar-refractivity contribution in [3.63, 3.8) is 0 Å². The van der Waals surface area contributed by atoms with Gasteiger partial charge in [0.25, 0.3) is 0 Å². The molecule has 0 fully saturated rings. The van der Waals surface area contributed by atoms with Crippen molar-refractivity contribution >= 4 is 11.6 Å². The summed E-state index contributed by atoms with van der Waals surface area (Å²) in [5.74, 6) is 2.86. The average Bonchev–Trinajstić information content (AvgIpc) is 2.23. The quantitative estimate of drug-likeness (QED) is 0.907. The van der Waals surface area contributed by atoms with E-state index in [4.69, 9.17) is 10.7 Å². The zero-order valence-electron chi connectivity index (χ0n) is 13.4. The largest absolute Gasteiger partial charge is 0.384 e. The average molecular weight is 264 g/mol. The van der Waals surface area contributed by atoms with Crippen LogP contribution < -0.4 is 10.6 Å². The van der Waals surface area contributed by atoms with Crippen LogP contribution in [0.4, 0.5) is 11.6 Å². The fraction of sp³-hybridized carbons (Fsp3) is 0.733. The van der Waals surface area contributed by atoms with Crippen molar-refractivity contribution in [2.75, 3.05) is 17.2 Å². The highest BCUT2D eigenvalue weighted by atomic mass is 15.2. The van der Waals surface area contributed by atoms with Crippen LogP contribution in [0.1, 0.15) is 54.3 Å². The van der Waals surface area contributed by atoms with Crippen LogP contribution in [0.5, 0.6) is 0 Å². The van der Waals surface area contributed by atoms with E-state index in [1.165, 1.54) is 0 Å². The lowest BCUT2D eigenvalue weighted by molar-refractivity contribution is 0.533. The molecule has 0 aromatic carbocycles. The summed E-state index contributed by atoms with van der Waals surface area (Å²) in [6, 6.07) is 2.27. The van der Waals surface area contributed by atoms with Gasteiger partial charge in [0.15, 0.2) is 0 Å². The van der Waals surface area contributed by atoms with Crippen molar-refractivity contribution in [3.05, 3.63) is 11.9 Å². The van der Waals surface area contributed by atoms with Gasteiger partial charge in [0.2, 0.25) is 0 Å². The highest BCUT2D eigenvalue weighted by Gasteiger charge is 2.21. The SMILES string of the molecule is CC(C)CN(c1cc(N)nc(C(C)(C)C)n1)C(C)C. The monoisotopic (exact) mass is 264 g/mol. The smallest absolute Gasteiger partial charge is 0.138 e. The predicted molar refractivity (Wildman–Crippen MR) is 82.5 cm³/mol. The van der Waals surface area contributed by atoms with Gasteiger partial charge < -0.3 is 10.6 Å². The molecule has 0 aliphatic rings. The van der Waals surface area contributed by atoms with E-state index in [1.54, 1.807) is 0 Å². The second-order valence-corrected chi connectivity index (χ2v) is 6.86. The molecule has 0 bridgehead atoms. The third kappa shape index (κ3) is 4.37. The second-order valence-electron chi connectivity index (χ2n) is 6.86. The van der Waals surface area contributed by atoms with Gasteiger partial charge in [-0.15, -0.1) is 0 Å². The van der Waals surface area contributed by atoms with E-state index in [2.05, 4.69) is 58.4 Å². The number of rotatable bonds is 4. The number of hydrogen-bond donors (Lipinski definition) is 1. The van der Waals surface area contributed by atoms with Crippen molar-refractivity contribution < 1.29 is 0 Å². The van der Waals surface area contributed by atoms with Gasteiger partial charge in [-0.3, -0.25) is 0 Å². The molecule has 0 saturated heterocycles. The maximum absolute atomic E-state index is 5.95. The van der Waals surface area contributed by atoms with E-state index in [-0.39, 0.29) is 5.41 Å². The normalized spacial score (nSPS) is 12.3. The summed E-state index contributed by atoms with van der Waals surface area (Å²) in [6.07, 6.45) is 0. The summed E-state index contributed by atoms with van der Waals surface area (Å²) in [7, 11) is 0.